The number of halogens is 2. The number of hydrogen-bond donors (Lipinski definition) is 1. The van der Waals surface area contributed by atoms with Crippen LogP contribution in [0.1, 0.15) is 17.0 Å². The van der Waals surface area contributed by atoms with E-state index in [4.69, 9.17) is 11.6 Å². The zero-order valence-electron chi connectivity index (χ0n) is 20.1. The van der Waals surface area contributed by atoms with Gasteiger partial charge in [0.1, 0.15) is 6.54 Å². The van der Waals surface area contributed by atoms with E-state index < -0.39 is 22.5 Å². The molecular weight excluding hydrogens is 623 g/mol. The van der Waals surface area contributed by atoms with Gasteiger partial charge >= 0.3 is 0 Å². The van der Waals surface area contributed by atoms with E-state index in [-0.39, 0.29) is 4.90 Å². The summed E-state index contributed by atoms with van der Waals surface area (Å²) in [5.74, 6) is -0.575. The number of nitrogens with one attached hydrogen (secondary N) is 1. The van der Waals surface area contributed by atoms with Crippen molar-refractivity contribution in [1.82, 2.24) is 9.99 Å². The van der Waals surface area contributed by atoms with Gasteiger partial charge in [0, 0.05) is 20.5 Å². The maximum absolute atomic E-state index is 13.4. The Kier molecular flexibility index (Phi) is 8.35. The Bertz CT molecular complexity index is 1550. The van der Waals surface area contributed by atoms with E-state index in [1.807, 2.05) is 48.7 Å². The topological polar surface area (TPSA) is 83.8 Å². The van der Waals surface area contributed by atoms with E-state index in [2.05, 4.69) is 33.1 Å². The molecule has 10 heteroatoms. The van der Waals surface area contributed by atoms with Crippen LogP contribution in [-0.4, -0.2) is 31.7 Å². The van der Waals surface area contributed by atoms with Gasteiger partial charge < -0.3 is 4.57 Å². The lowest BCUT2D eigenvalue weighted by atomic mass is 10.2. The number of rotatable bonds is 8. The molecule has 190 valence electrons. The molecule has 1 amide bonds. The SMILES string of the molecule is Cc1cc(/C=N\NC(=O)CN(c2ccc(I)cc2)S(=O)(=O)c2ccccc2)c(C)n1-c1ccccc1Cl. The molecule has 3 aromatic carbocycles. The number of anilines is 1. The standard InChI is InChI=1S/C27H24ClIN4O3S/c1-19-16-21(20(2)33(19)26-11-7-6-10-25(26)28)17-30-31-27(34)18-32(23-14-12-22(29)13-15-23)37(35,36)24-8-4-3-5-9-24/h3-17H,18H2,1-2H3,(H,31,34)/b30-17-. The minimum atomic E-state index is -3.98. The van der Waals surface area contributed by atoms with Crippen molar-refractivity contribution < 1.29 is 13.2 Å². The first-order chi connectivity index (χ1) is 17.7. The molecule has 0 spiro atoms. The third-order valence-electron chi connectivity index (χ3n) is 5.69. The van der Waals surface area contributed by atoms with Crippen LogP contribution in [0.5, 0.6) is 0 Å². The molecule has 1 heterocycles. The fourth-order valence-corrected chi connectivity index (χ4v) is 5.93. The van der Waals surface area contributed by atoms with Crippen molar-refractivity contribution in [2.24, 2.45) is 5.10 Å². The highest BCUT2D eigenvalue weighted by Crippen LogP contribution is 2.26. The molecule has 7 nitrogen and oxygen atoms in total. The summed E-state index contributed by atoms with van der Waals surface area (Å²) in [4.78, 5) is 12.9. The quantitative estimate of drug-likeness (QED) is 0.152. The predicted octanol–water partition coefficient (Wildman–Crippen LogP) is 5.70. The van der Waals surface area contributed by atoms with E-state index in [9.17, 15) is 13.2 Å². The zero-order valence-corrected chi connectivity index (χ0v) is 23.8. The van der Waals surface area contributed by atoms with Gasteiger partial charge in [-0.05, 0) is 91.0 Å². The first-order valence-corrected chi connectivity index (χ1v) is 14.2. The number of hydrogen-bond acceptors (Lipinski definition) is 4. The van der Waals surface area contributed by atoms with Gasteiger partial charge in [0.25, 0.3) is 15.9 Å². The Morgan fingerprint density at radius 2 is 1.68 bits per heavy atom. The molecule has 0 atom stereocenters. The largest absolute Gasteiger partial charge is 0.316 e. The number of amides is 1. The van der Waals surface area contributed by atoms with Crippen molar-refractivity contribution >= 4 is 62.0 Å². The van der Waals surface area contributed by atoms with Gasteiger partial charge in [-0.2, -0.15) is 5.10 Å². The first kappa shape index (κ1) is 26.9. The van der Waals surface area contributed by atoms with Crippen LogP contribution in [0, 0.1) is 17.4 Å². The second-order valence-electron chi connectivity index (χ2n) is 8.21. The number of hydrazone groups is 1. The highest BCUT2D eigenvalue weighted by atomic mass is 127. The van der Waals surface area contributed by atoms with E-state index in [1.54, 1.807) is 42.5 Å². The van der Waals surface area contributed by atoms with E-state index in [1.165, 1.54) is 18.3 Å². The summed E-state index contributed by atoms with van der Waals surface area (Å²) in [6.45, 7) is 3.46. The molecule has 1 N–H and O–H groups in total. The average Bonchev–Trinajstić information content (AvgIpc) is 3.16. The molecule has 0 unspecified atom stereocenters. The van der Waals surface area contributed by atoms with Crippen LogP contribution in [0.25, 0.3) is 5.69 Å². The maximum atomic E-state index is 13.4. The Morgan fingerprint density at radius 1 is 1.03 bits per heavy atom. The van der Waals surface area contributed by atoms with Crippen molar-refractivity contribution in [3.05, 3.63) is 110 Å². The third-order valence-corrected chi connectivity index (χ3v) is 8.52. The molecule has 0 aliphatic heterocycles. The fourth-order valence-electron chi connectivity index (χ4n) is 3.90. The molecule has 0 saturated carbocycles. The molecule has 0 aliphatic rings. The summed E-state index contributed by atoms with van der Waals surface area (Å²) >= 11 is 8.52. The average molecular weight is 647 g/mol. The molecule has 1 aromatic heterocycles. The summed E-state index contributed by atoms with van der Waals surface area (Å²) < 4.78 is 30.8. The van der Waals surface area contributed by atoms with Crippen LogP contribution in [0.15, 0.2) is 94.9 Å². The highest BCUT2D eigenvalue weighted by molar-refractivity contribution is 14.1. The van der Waals surface area contributed by atoms with Gasteiger partial charge in [0.15, 0.2) is 0 Å². The predicted molar refractivity (Wildman–Crippen MR) is 156 cm³/mol. The Balaban J connectivity index is 1.55. The summed E-state index contributed by atoms with van der Waals surface area (Å²) in [5, 5.41) is 4.72. The van der Waals surface area contributed by atoms with Crippen molar-refractivity contribution in [1.29, 1.82) is 0 Å². The number of para-hydroxylation sites is 1. The minimum Gasteiger partial charge on any atom is -0.316 e. The zero-order chi connectivity index (χ0) is 26.6. The van der Waals surface area contributed by atoms with Gasteiger partial charge in [-0.1, -0.05) is 41.9 Å². The minimum absolute atomic E-state index is 0.0943. The number of benzene rings is 3. The van der Waals surface area contributed by atoms with Crippen molar-refractivity contribution in [3.8, 4) is 5.69 Å². The number of aromatic nitrogens is 1. The van der Waals surface area contributed by atoms with Gasteiger partial charge in [0.05, 0.1) is 27.5 Å². The number of aryl methyl sites for hydroxylation is 1. The van der Waals surface area contributed by atoms with E-state index >= 15 is 0 Å². The monoisotopic (exact) mass is 646 g/mol. The van der Waals surface area contributed by atoms with Crippen LogP contribution >= 0.6 is 34.2 Å². The molecule has 0 fully saturated rings. The van der Waals surface area contributed by atoms with Crippen molar-refractivity contribution in [2.75, 3.05) is 10.8 Å². The smallest absolute Gasteiger partial charge is 0.264 e. The van der Waals surface area contributed by atoms with E-state index in [0.29, 0.717) is 10.7 Å². The Hall–Kier alpha value is -3.15. The van der Waals surface area contributed by atoms with E-state index in [0.717, 1.165) is 30.5 Å². The highest BCUT2D eigenvalue weighted by Gasteiger charge is 2.27. The maximum Gasteiger partial charge on any atom is 0.264 e. The van der Waals surface area contributed by atoms with Gasteiger partial charge in [-0.15, -0.1) is 0 Å². The molecule has 0 bridgehead atoms. The van der Waals surface area contributed by atoms with Crippen molar-refractivity contribution in [2.45, 2.75) is 18.7 Å². The summed E-state index contributed by atoms with van der Waals surface area (Å²) in [7, 11) is -3.98. The van der Waals surface area contributed by atoms with Crippen LogP contribution in [0.2, 0.25) is 5.02 Å². The molecule has 37 heavy (non-hydrogen) atoms. The third kappa shape index (κ3) is 6.06. The lowest BCUT2D eigenvalue weighted by Gasteiger charge is -2.23. The second-order valence-corrected chi connectivity index (χ2v) is 11.7. The lowest BCUT2D eigenvalue weighted by molar-refractivity contribution is -0.119. The first-order valence-electron chi connectivity index (χ1n) is 11.3. The Labute approximate surface area is 235 Å². The Morgan fingerprint density at radius 3 is 2.35 bits per heavy atom. The number of carbonyl (C=O) groups is 1. The van der Waals surface area contributed by atoms with Gasteiger partial charge in [0.2, 0.25) is 0 Å². The molecule has 0 radical (unpaired) electrons. The molecular formula is C27H24ClIN4O3S. The van der Waals surface area contributed by atoms with Crippen LogP contribution in [-0.2, 0) is 14.8 Å². The summed E-state index contributed by atoms with van der Waals surface area (Å²) in [6.07, 6.45) is 1.54. The number of sulfonamides is 1. The molecule has 4 aromatic rings. The number of carbonyl (C=O) groups excluding carboxylic acids is 1. The fraction of sp³-hybridized carbons (Fsp3) is 0.111. The molecule has 4 rings (SSSR count). The molecule has 0 saturated heterocycles. The summed E-state index contributed by atoms with van der Waals surface area (Å²) in [6, 6.07) is 24.4. The van der Waals surface area contributed by atoms with Crippen LogP contribution in [0.3, 0.4) is 0 Å². The van der Waals surface area contributed by atoms with Crippen LogP contribution in [0.4, 0.5) is 5.69 Å². The summed E-state index contributed by atoms with van der Waals surface area (Å²) in [5.41, 5.74) is 6.34. The van der Waals surface area contributed by atoms with Gasteiger partial charge in [-0.25, -0.2) is 13.8 Å². The second kappa shape index (κ2) is 11.5. The lowest BCUT2D eigenvalue weighted by Crippen LogP contribution is -2.39. The number of nitrogens with zero attached hydrogens (tertiary/aromatic N) is 3. The van der Waals surface area contributed by atoms with Crippen molar-refractivity contribution in [3.63, 3.8) is 0 Å². The molecule has 0 aliphatic carbocycles. The van der Waals surface area contributed by atoms with Gasteiger partial charge in [-0.3, -0.25) is 9.10 Å². The van der Waals surface area contributed by atoms with Crippen LogP contribution < -0.4 is 9.73 Å². The normalized spacial score (nSPS) is 11.6.